The zero-order valence-electron chi connectivity index (χ0n) is 32.4. The van der Waals surface area contributed by atoms with Crippen LogP contribution in [0.5, 0.6) is 11.6 Å². The number of carbonyl (C=O) groups excluding carboxylic acids is 3. The van der Waals surface area contributed by atoms with E-state index >= 15 is 0 Å². The van der Waals surface area contributed by atoms with Gasteiger partial charge in [0.15, 0.2) is 17.2 Å². The van der Waals surface area contributed by atoms with Crippen LogP contribution in [0.2, 0.25) is 10.0 Å². The van der Waals surface area contributed by atoms with E-state index in [-0.39, 0.29) is 29.9 Å². The highest BCUT2D eigenvalue weighted by atomic mass is 35.5. The van der Waals surface area contributed by atoms with E-state index in [9.17, 15) is 14.4 Å². The van der Waals surface area contributed by atoms with Crippen molar-refractivity contribution in [1.82, 2.24) is 45.0 Å². The number of methoxy groups -OCH3 is 1. The van der Waals surface area contributed by atoms with Crippen molar-refractivity contribution in [3.05, 3.63) is 76.3 Å². The molecule has 3 saturated heterocycles. The number of pyridine rings is 3. The molecule has 3 amide bonds. The summed E-state index contributed by atoms with van der Waals surface area (Å²) in [6.45, 7) is 8.04. The molecule has 0 atom stereocenters. The molecule has 58 heavy (non-hydrogen) atoms. The minimum atomic E-state index is -0.547. The Bertz CT molecular complexity index is 2390. The van der Waals surface area contributed by atoms with Crippen molar-refractivity contribution in [1.29, 1.82) is 0 Å². The maximum Gasteiger partial charge on any atom is 0.407 e. The van der Waals surface area contributed by atoms with Gasteiger partial charge in [-0.15, -0.1) is 5.10 Å². The highest BCUT2D eigenvalue weighted by molar-refractivity contribution is 6.39. The highest BCUT2D eigenvalue weighted by Gasteiger charge is 2.48. The largest absolute Gasteiger partial charge is 0.490 e. The van der Waals surface area contributed by atoms with Crippen LogP contribution in [-0.2, 0) is 27.4 Å². The number of hydrogen-bond acceptors (Lipinski definition) is 11. The third kappa shape index (κ3) is 7.98. The van der Waals surface area contributed by atoms with Crippen molar-refractivity contribution >= 4 is 46.8 Å². The molecule has 3 aliphatic heterocycles. The van der Waals surface area contributed by atoms with Crippen LogP contribution in [0.25, 0.3) is 39.3 Å². The molecule has 4 aromatic heterocycles. The maximum absolute atomic E-state index is 12.6. The first-order chi connectivity index (χ1) is 28.0. The molecule has 1 spiro atoms. The first kappa shape index (κ1) is 39.3. The second kappa shape index (κ2) is 16.4. The number of piperidine rings is 1. The fourth-order valence-electron chi connectivity index (χ4n) is 8.02. The van der Waals surface area contributed by atoms with Gasteiger partial charge in [0.2, 0.25) is 17.7 Å². The normalized spacial score (nSPS) is 16.6. The number of carbonyl (C=O) groups is 3. The summed E-state index contributed by atoms with van der Waals surface area (Å²) >= 11 is 14.3. The van der Waals surface area contributed by atoms with Gasteiger partial charge < -0.3 is 29.7 Å². The van der Waals surface area contributed by atoms with Crippen LogP contribution in [0.4, 0.5) is 4.79 Å². The monoisotopic (exact) mass is 827 g/mol. The lowest BCUT2D eigenvalue weighted by Gasteiger charge is -2.46. The zero-order chi connectivity index (χ0) is 40.6. The third-order valence-corrected chi connectivity index (χ3v) is 11.7. The molecule has 15 nitrogen and oxygen atoms in total. The van der Waals surface area contributed by atoms with Crippen LogP contribution in [0.3, 0.4) is 0 Å². The van der Waals surface area contributed by atoms with Gasteiger partial charge in [0.25, 0.3) is 0 Å². The Kier molecular flexibility index (Phi) is 11.1. The van der Waals surface area contributed by atoms with Gasteiger partial charge in [0.1, 0.15) is 6.10 Å². The van der Waals surface area contributed by atoms with Crippen molar-refractivity contribution in [3.63, 3.8) is 0 Å². The second-order valence-corrected chi connectivity index (χ2v) is 15.7. The summed E-state index contributed by atoms with van der Waals surface area (Å²) in [5, 5.41) is 11.3. The van der Waals surface area contributed by atoms with Gasteiger partial charge in [0, 0.05) is 105 Å². The Labute approximate surface area is 345 Å². The Balaban J connectivity index is 0.998. The van der Waals surface area contributed by atoms with E-state index in [0.717, 1.165) is 13.1 Å². The number of alkyl carbamates (subject to hydrolysis) is 1. The van der Waals surface area contributed by atoms with Crippen molar-refractivity contribution in [2.45, 2.75) is 52.3 Å². The van der Waals surface area contributed by atoms with E-state index in [4.69, 9.17) is 52.5 Å². The Morgan fingerprint density at radius 2 is 1.81 bits per heavy atom. The van der Waals surface area contributed by atoms with Crippen LogP contribution < -0.4 is 20.1 Å². The molecule has 0 saturated carbocycles. The summed E-state index contributed by atoms with van der Waals surface area (Å²) in [5.74, 6) is 1.66. The van der Waals surface area contributed by atoms with Crippen molar-refractivity contribution in [2.24, 2.45) is 5.41 Å². The Hall–Kier alpha value is -5.51. The summed E-state index contributed by atoms with van der Waals surface area (Å²) in [5.41, 5.74) is 5.01. The molecule has 3 fully saturated rings. The molecule has 2 N–H and O–H groups in total. The first-order valence-corrected chi connectivity index (χ1v) is 20.0. The first-order valence-electron chi connectivity index (χ1n) is 19.2. The van der Waals surface area contributed by atoms with E-state index in [2.05, 4.69) is 20.5 Å². The quantitative estimate of drug-likeness (QED) is 0.166. The third-order valence-electron chi connectivity index (χ3n) is 10.9. The predicted octanol–water partition coefficient (Wildman–Crippen LogP) is 5.79. The number of fused-ring (bicyclic) bond motifs is 1. The van der Waals surface area contributed by atoms with Crippen LogP contribution in [0.1, 0.15) is 44.5 Å². The molecule has 5 aromatic rings. The molecule has 7 heterocycles. The summed E-state index contributed by atoms with van der Waals surface area (Å²) < 4.78 is 18.9. The molecule has 8 rings (SSSR count). The standard InChI is InChI=1S/C41H43Cl2N9O6/c1-4-57-32-16-26(19-52-38(32)48-33(49-52)20-50-22-41(23-50)17-34(54)46-21-41)37-36(43)29(10-13-44-37)28-6-5-7-30(35(28)42)31-9-8-25(39(47-31)56-3)18-45-40(55)58-27-11-14-51(15-12-27)24(2)53/h5-10,13,16,19,27H,4,11-12,14-15,17-18,20-23H2,1-3H3,(H,45,55)(H,46,54). The number of ether oxygens (including phenoxy) is 3. The average Bonchev–Trinajstić information content (AvgIpc) is 3.81. The summed E-state index contributed by atoms with van der Waals surface area (Å²) in [6.07, 6.45) is 4.47. The number of halogens is 2. The van der Waals surface area contributed by atoms with Gasteiger partial charge in [0.05, 0.1) is 48.2 Å². The minimum absolute atomic E-state index is 0.0124. The summed E-state index contributed by atoms with van der Waals surface area (Å²) in [4.78, 5) is 54.2. The number of likely N-dealkylation sites (tertiary alicyclic amines) is 2. The maximum atomic E-state index is 12.6. The smallest absolute Gasteiger partial charge is 0.407 e. The van der Waals surface area contributed by atoms with Gasteiger partial charge in [-0.25, -0.2) is 19.3 Å². The number of hydrogen-bond donors (Lipinski definition) is 2. The predicted molar refractivity (Wildman–Crippen MR) is 217 cm³/mol. The molecule has 1 aromatic carbocycles. The minimum Gasteiger partial charge on any atom is -0.490 e. The lowest BCUT2D eigenvalue weighted by molar-refractivity contribution is -0.130. The Morgan fingerprint density at radius 1 is 1.03 bits per heavy atom. The number of aromatic nitrogens is 5. The Morgan fingerprint density at radius 3 is 2.53 bits per heavy atom. The molecule has 0 aliphatic carbocycles. The average molecular weight is 829 g/mol. The summed E-state index contributed by atoms with van der Waals surface area (Å²) in [6, 6.07) is 13.0. The van der Waals surface area contributed by atoms with Gasteiger partial charge >= 0.3 is 6.09 Å². The second-order valence-electron chi connectivity index (χ2n) is 14.9. The molecular formula is C41H43Cl2N9O6. The van der Waals surface area contributed by atoms with Crippen molar-refractivity contribution < 1.29 is 28.6 Å². The number of benzene rings is 1. The van der Waals surface area contributed by atoms with E-state index < -0.39 is 6.09 Å². The molecule has 0 unspecified atom stereocenters. The van der Waals surface area contributed by atoms with E-state index in [0.29, 0.717) is 124 Å². The van der Waals surface area contributed by atoms with Crippen LogP contribution in [0, 0.1) is 5.41 Å². The molecular weight excluding hydrogens is 785 g/mol. The molecule has 302 valence electrons. The fourth-order valence-corrected chi connectivity index (χ4v) is 8.67. The van der Waals surface area contributed by atoms with E-state index in [1.807, 2.05) is 55.6 Å². The van der Waals surface area contributed by atoms with E-state index in [1.54, 1.807) is 22.5 Å². The van der Waals surface area contributed by atoms with Crippen LogP contribution >= 0.6 is 23.2 Å². The molecule has 0 bridgehead atoms. The number of nitrogens with zero attached hydrogens (tertiary/aromatic N) is 7. The van der Waals surface area contributed by atoms with Gasteiger partial charge in [-0.1, -0.05) is 41.4 Å². The van der Waals surface area contributed by atoms with Crippen LogP contribution in [-0.4, -0.2) is 105 Å². The lowest BCUT2D eigenvalue weighted by atomic mass is 9.79. The number of rotatable bonds is 11. The SMILES string of the molecule is CCOc1cc(-c2nccc(-c3cccc(-c4ccc(CNC(=O)OC5CCN(C(C)=O)CC5)c(OC)n4)c3Cl)c2Cl)cn2nc(CN3CC4(CNC(=O)C4)C3)nc12. The number of amides is 3. The zero-order valence-corrected chi connectivity index (χ0v) is 33.9. The van der Waals surface area contributed by atoms with E-state index in [1.165, 1.54) is 7.11 Å². The van der Waals surface area contributed by atoms with Crippen LogP contribution in [0.15, 0.2) is 54.9 Å². The van der Waals surface area contributed by atoms with Crippen molar-refractivity contribution in [2.75, 3.05) is 46.4 Å². The summed E-state index contributed by atoms with van der Waals surface area (Å²) in [7, 11) is 1.51. The highest BCUT2D eigenvalue weighted by Crippen LogP contribution is 2.42. The lowest BCUT2D eigenvalue weighted by Crippen LogP contribution is -2.56. The van der Waals surface area contributed by atoms with Crippen molar-refractivity contribution in [3.8, 4) is 45.3 Å². The van der Waals surface area contributed by atoms with Gasteiger partial charge in [-0.2, -0.15) is 0 Å². The van der Waals surface area contributed by atoms with Gasteiger partial charge in [-0.05, 0) is 31.2 Å². The molecule has 0 radical (unpaired) electrons. The number of nitrogens with one attached hydrogen (secondary N) is 2. The fraction of sp³-hybridized carbons (Fsp3) is 0.390. The molecule has 3 aliphatic rings. The topological polar surface area (TPSA) is 165 Å². The van der Waals surface area contributed by atoms with Gasteiger partial charge in [-0.3, -0.25) is 19.5 Å². The molecule has 17 heteroatoms.